The van der Waals surface area contributed by atoms with Crippen LogP contribution in [0.25, 0.3) is 0 Å². The van der Waals surface area contributed by atoms with E-state index in [1.165, 1.54) is 19.3 Å². The number of hydrogen-bond donors (Lipinski definition) is 1. The molecule has 5 heteroatoms. The fourth-order valence-corrected chi connectivity index (χ4v) is 5.58. The van der Waals surface area contributed by atoms with Crippen molar-refractivity contribution in [2.75, 3.05) is 0 Å². The SMILES string of the molecule is O=S(=O)(O)C(F)CCC12CC3CC(CC(C3)C1)C2. The second-order valence-electron chi connectivity index (χ2n) is 6.88. The Morgan fingerprint density at radius 3 is 1.94 bits per heavy atom. The van der Waals surface area contributed by atoms with Gasteiger partial charge in [-0.15, -0.1) is 0 Å². The molecule has 4 aliphatic rings. The minimum atomic E-state index is -4.50. The second kappa shape index (κ2) is 4.17. The highest BCUT2D eigenvalue weighted by Crippen LogP contribution is 2.61. The molecule has 0 aromatic heterocycles. The van der Waals surface area contributed by atoms with E-state index in [0.717, 1.165) is 37.0 Å². The van der Waals surface area contributed by atoms with Crippen molar-refractivity contribution in [3.63, 3.8) is 0 Å². The van der Waals surface area contributed by atoms with Gasteiger partial charge in [-0.3, -0.25) is 4.55 Å². The zero-order valence-corrected chi connectivity index (χ0v) is 11.3. The fraction of sp³-hybridized carbons (Fsp3) is 1.00. The average Bonchev–Trinajstić information content (AvgIpc) is 2.22. The predicted molar refractivity (Wildman–Crippen MR) is 66.3 cm³/mol. The van der Waals surface area contributed by atoms with Crippen molar-refractivity contribution in [3.8, 4) is 0 Å². The number of alkyl halides is 1. The molecule has 4 fully saturated rings. The fourth-order valence-electron chi connectivity index (χ4n) is 5.16. The molecule has 4 rings (SSSR count). The van der Waals surface area contributed by atoms with Crippen LogP contribution in [0.5, 0.6) is 0 Å². The summed E-state index contributed by atoms with van der Waals surface area (Å²) in [5, 5.41) is 0. The topological polar surface area (TPSA) is 54.4 Å². The van der Waals surface area contributed by atoms with Gasteiger partial charge in [0.25, 0.3) is 10.1 Å². The molecule has 0 aliphatic heterocycles. The molecule has 4 saturated carbocycles. The molecule has 0 aromatic carbocycles. The third-order valence-electron chi connectivity index (χ3n) is 5.39. The average molecular weight is 276 g/mol. The second-order valence-corrected chi connectivity index (χ2v) is 8.42. The van der Waals surface area contributed by atoms with Crippen LogP contribution in [0.3, 0.4) is 0 Å². The molecule has 104 valence electrons. The minimum absolute atomic E-state index is 0.0367. The normalized spacial score (nSPS) is 44.2. The van der Waals surface area contributed by atoms with Crippen molar-refractivity contribution in [1.82, 2.24) is 0 Å². The lowest BCUT2D eigenvalue weighted by Gasteiger charge is -2.57. The van der Waals surface area contributed by atoms with Crippen LogP contribution in [0.15, 0.2) is 0 Å². The molecule has 1 unspecified atom stereocenters. The molecule has 1 atom stereocenters. The number of hydrogen-bond acceptors (Lipinski definition) is 2. The Hall–Kier alpha value is -0.160. The van der Waals surface area contributed by atoms with Gasteiger partial charge in [-0.2, -0.15) is 8.42 Å². The van der Waals surface area contributed by atoms with Crippen LogP contribution in [-0.4, -0.2) is 18.5 Å². The Kier molecular flexibility index (Phi) is 2.98. The first-order valence-electron chi connectivity index (χ1n) is 6.97. The van der Waals surface area contributed by atoms with Crippen molar-refractivity contribution in [1.29, 1.82) is 0 Å². The quantitative estimate of drug-likeness (QED) is 0.802. The van der Waals surface area contributed by atoms with E-state index in [9.17, 15) is 12.8 Å². The monoisotopic (exact) mass is 276 g/mol. The smallest absolute Gasteiger partial charge is 0.283 e. The van der Waals surface area contributed by atoms with Crippen LogP contribution in [0.1, 0.15) is 51.4 Å². The van der Waals surface area contributed by atoms with Crippen LogP contribution in [-0.2, 0) is 10.1 Å². The summed E-state index contributed by atoms with van der Waals surface area (Å²) >= 11 is 0. The molecule has 18 heavy (non-hydrogen) atoms. The van der Waals surface area contributed by atoms with Gasteiger partial charge in [0.1, 0.15) is 0 Å². The largest absolute Gasteiger partial charge is 0.297 e. The third kappa shape index (κ3) is 2.31. The number of halogens is 1. The lowest BCUT2D eigenvalue weighted by atomic mass is 9.48. The molecule has 1 N–H and O–H groups in total. The summed E-state index contributed by atoms with van der Waals surface area (Å²) in [4.78, 5) is 0. The van der Waals surface area contributed by atoms with Crippen LogP contribution < -0.4 is 0 Å². The summed E-state index contributed by atoms with van der Waals surface area (Å²) in [6.45, 7) is 0. The van der Waals surface area contributed by atoms with Gasteiger partial charge in [0, 0.05) is 0 Å². The summed E-state index contributed by atoms with van der Waals surface area (Å²) in [5.74, 6) is 2.38. The van der Waals surface area contributed by atoms with E-state index in [2.05, 4.69) is 0 Å². The summed E-state index contributed by atoms with van der Waals surface area (Å²) in [6, 6.07) is 0. The standard InChI is InChI=1S/C13H21FO3S/c14-12(18(15,16)17)1-2-13-6-9-3-10(7-13)5-11(4-9)8-13/h9-12H,1-8H2,(H,15,16,17). The molecular formula is C13H21FO3S. The van der Waals surface area contributed by atoms with Crippen LogP contribution in [0, 0.1) is 23.2 Å². The molecule has 3 nitrogen and oxygen atoms in total. The van der Waals surface area contributed by atoms with Gasteiger partial charge in [0.05, 0.1) is 0 Å². The Balaban J connectivity index is 1.66. The van der Waals surface area contributed by atoms with E-state index < -0.39 is 15.6 Å². The van der Waals surface area contributed by atoms with Gasteiger partial charge in [-0.1, -0.05) is 0 Å². The van der Waals surface area contributed by atoms with E-state index >= 15 is 0 Å². The van der Waals surface area contributed by atoms with Crippen molar-refractivity contribution >= 4 is 10.1 Å². The lowest BCUT2D eigenvalue weighted by Crippen LogP contribution is -2.46. The highest BCUT2D eigenvalue weighted by Gasteiger charge is 2.50. The Labute approximate surface area is 108 Å². The number of rotatable bonds is 4. The maximum atomic E-state index is 13.4. The van der Waals surface area contributed by atoms with Crippen molar-refractivity contribution < 1.29 is 17.4 Å². The molecule has 0 radical (unpaired) electrons. The van der Waals surface area contributed by atoms with Crippen molar-refractivity contribution in [3.05, 3.63) is 0 Å². The van der Waals surface area contributed by atoms with Gasteiger partial charge < -0.3 is 0 Å². The van der Waals surface area contributed by atoms with Gasteiger partial charge in [-0.05, 0) is 74.5 Å². The summed E-state index contributed by atoms with van der Waals surface area (Å²) in [6.07, 6.45) is 8.03. The Morgan fingerprint density at radius 1 is 1.11 bits per heavy atom. The molecule has 4 bridgehead atoms. The molecule has 0 spiro atoms. The van der Waals surface area contributed by atoms with Crippen molar-refractivity contribution in [2.24, 2.45) is 23.2 Å². The highest BCUT2D eigenvalue weighted by atomic mass is 32.2. The first kappa shape index (κ1) is 12.9. The highest BCUT2D eigenvalue weighted by molar-refractivity contribution is 7.86. The minimum Gasteiger partial charge on any atom is -0.283 e. The van der Waals surface area contributed by atoms with E-state index in [4.69, 9.17) is 4.55 Å². The Bertz CT molecular complexity index is 396. The van der Waals surface area contributed by atoms with E-state index in [1.54, 1.807) is 0 Å². The van der Waals surface area contributed by atoms with E-state index in [0.29, 0.717) is 6.42 Å². The van der Waals surface area contributed by atoms with Crippen LogP contribution in [0.2, 0.25) is 0 Å². The van der Waals surface area contributed by atoms with Gasteiger partial charge in [-0.25, -0.2) is 4.39 Å². The first-order chi connectivity index (χ1) is 8.36. The maximum Gasteiger partial charge on any atom is 0.297 e. The molecule has 0 amide bonds. The summed E-state index contributed by atoms with van der Waals surface area (Å²) in [5.41, 5.74) is -1.91. The van der Waals surface area contributed by atoms with Crippen LogP contribution in [0.4, 0.5) is 4.39 Å². The zero-order chi connectivity index (χ0) is 13.0. The van der Waals surface area contributed by atoms with Gasteiger partial charge in [0.2, 0.25) is 5.50 Å². The van der Waals surface area contributed by atoms with Crippen LogP contribution >= 0.6 is 0 Å². The molecule has 4 aliphatic carbocycles. The first-order valence-corrected chi connectivity index (χ1v) is 8.47. The maximum absolute atomic E-state index is 13.4. The third-order valence-corrected chi connectivity index (χ3v) is 6.27. The van der Waals surface area contributed by atoms with E-state index in [-0.39, 0.29) is 11.8 Å². The zero-order valence-electron chi connectivity index (χ0n) is 10.5. The molecular weight excluding hydrogens is 255 g/mol. The molecule has 0 heterocycles. The molecule has 0 aromatic rings. The Morgan fingerprint density at radius 2 is 1.56 bits per heavy atom. The van der Waals surface area contributed by atoms with Gasteiger partial charge in [0.15, 0.2) is 0 Å². The predicted octanol–water partition coefficient (Wildman–Crippen LogP) is 3.17. The summed E-state index contributed by atoms with van der Waals surface area (Å²) in [7, 11) is -4.50. The molecule has 0 saturated heterocycles. The van der Waals surface area contributed by atoms with Gasteiger partial charge >= 0.3 is 0 Å². The van der Waals surface area contributed by atoms with Crippen molar-refractivity contribution in [2.45, 2.75) is 56.9 Å². The van der Waals surface area contributed by atoms with E-state index in [1.807, 2.05) is 0 Å². The summed E-state index contributed by atoms with van der Waals surface area (Å²) < 4.78 is 43.5. The lowest BCUT2D eigenvalue weighted by molar-refractivity contribution is -0.0594.